The molecule has 0 N–H and O–H groups in total. The van der Waals surface area contributed by atoms with Crippen molar-refractivity contribution in [1.29, 1.82) is 0 Å². The predicted octanol–water partition coefficient (Wildman–Crippen LogP) is 1.61. The number of benzene rings is 1. The molecule has 0 spiro atoms. The van der Waals surface area contributed by atoms with E-state index in [0.29, 0.717) is 25.3 Å². The van der Waals surface area contributed by atoms with E-state index in [1.165, 1.54) is 5.06 Å². The lowest BCUT2D eigenvalue weighted by molar-refractivity contribution is -0.0769. The first-order chi connectivity index (χ1) is 7.83. The Balaban J connectivity index is 2.21. The third-order valence-corrected chi connectivity index (χ3v) is 2.53. The third-order valence-electron chi connectivity index (χ3n) is 2.53. The molecule has 0 saturated carbocycles. The van der Waals surface area contributed by atoms with Gasteiger partial charge in [-0.05, 0) is 18.1 Å². The molecule has 86 valence electrons. The van der Waals surface area contributed by atoms with E-state index >= 15 is 0 Å². The van der Waals surface area contributed by atoms with Gasteiger partial charge in [0.25, 0.3) is 5.91 Å². The van der Waals surface area contributed by atoms with Crippen LogP contribution in [0.2, 0.25) is 0 Å². The average Bonchev–Trinajstić information content (AvgIpc) is 2.83. The van der Waals surface area contributed by atoms with Crippen molar-refractivity contribution in [3.8, 4) is 0 Å². The highest BCUT2D eigenvalue weighted by molar-refractivity contribution is 5.95. The zero-order valence-corrected chi connectivity index (χ0v) is 9.31. The smallest absolute Gasteiger partial charge is 0.277 e. The Morgan fingerprint density at radius 2 is 2.31 bits per heavy atom. The fourth-order valence-electron chi connectivity index (χ4n) is 1.75. The Hall–Kier alpha value is -1.39. The second kappa shape index (κ2) is 5.09. The van der Waals surface area contributed by atoms with E-state index in [2.05, 4.69) is 0 Å². The van der Waals surface area contributed by atoms with Crippen LogP contribution in [0.15, 0.2) is 24.3 Å². The van der Waals surface area contributed by atoms with Gasteiger partial charge in [-0.15, -0.1) is 0 Å². The number of hydroxylamine groups is 2. The van der Waals surface area contributed by atoms with Gasteiger partial charge in [-0.2, -0.15) is 0 Å². The summed E-state index contributed by atoms with van der Waals surface area (Å²) in [6.07, 6.45) is 0.901. The largest absolute Gasteiger partial charge is 0.380 e. The van der Waals surface area contributed by atoms with Crippen molar-refractivity contribution in [2.45, 2.75) is 13.0 Å². The standard InChI is InChI=1S/C12H15NO3/c1-15-9-10-5-2-3-6-11(10)12(14)13-7-4-8-16-13/h2-3,5-6H,4,7-9H2,1H3. The SMILES string of the molecule is COCc1ccccc1C(=O)N1CCCO1. The lowest BCUT2D eigenvalue weighted by Gasteiger charge is -2.15. The van der Waals surface area contributed by atoms with Gasteiger partial charge in [0, 0.05) is 12.7 Å². The Bertz CT molecular complexity index is 372. The van der Waals surface area contributed by atoms with Gasteiger partial charge in [-0.1, -0.05) is 18.2 Å². The molecule has 0 aromatic heterocycles. The minimum atomic E-state index is -0.0786. The first kappa shape index (κ1) is 11.1. The van der Waals surface area contributed by atoms with Crippen LogP contribution < -0.4 is 0 Å². The lowest BCUT2D eigenvalue weighted by atomic mass is 10.1. The molecule has 0 bridgehead atoms. The number of hydrogen-bond donors (Lipinski definition) is 0. The maximum absolute atomic E-state index is 12.1. The summed E-state index contributed by atoms with van der Waals surface area (Å²) >= 11 is 0. The first-order valence-electron chi connectivity index (χ1n) is 5.34. The summed E-state index contributed by atoms with van der Waals surface area (Å²) in [5.41, 5.74) is 1.55. The molecule has 4 heteroatoms. The number of ether oxygens (including phenoxy) is 1. The molecule has 1 aliphatic rings. The van der Waals surface area contributed by atoms with Gasteiger partial charge < -0.3 is 4.74 Å². The van der Waals surface area contributed by atoms with E-state index in [9.17, 15) is 4.79 Å². The van der Waals surface area contributed by atoms with Crippen LogP contribution in [0.4, 0.5) is 0 Å². The lowest BCUT2D eigenvalue weighted by Crippen LogP contribution is -2.27. The van der Waals surface area contributed by atoms with Crippen LogP contribution in [-0.2, 0) is 16.2 Å². The Morgan fingerprint density at radius 3 is 3.00 bits per heavy atom. The molecule has 0 atom stereocenters. The summed E-state index contributed by atoms with van der Waals surface area (Å²) in [4.78, 5) is 17.3. The van der Waals surface area contributed by atoms with Crippen molar-refractivity contribution in [1.82, 2.24) is 5.06 Å². The summed E-state index contributed by atoms with van der Waals surface area (Å²) < 4.78 is 5.07. The van der Waals surface area contributed by atoms with Crippen molar-refractivity contribution in [2.24, 2.45) is 0 Å². The zero-order chi connectivity index (χ0) is 11.4. The number of methoxy groups -OCH3 is 1. The van der Waals surface area contributed by atoms with Crippen LogP contribution in [0.5, 0.6) is 0 Å². The number of carbonyl (C=O) groups is 1. The molecule has 1 amide bonds. The van der Waals surface area contributed by atoms with E-state index < -0.39 is 0 Å². The molecule has 1 fully saturated rings. The quantitative estimate of drug-likeness (QED) is 0.778. The van der Waals surface area contributed by atoms with Crippen LogP contribution in [0.25, 0.3) is 0 Å². The molecule has 0 aliphatic carbocycles. The number of hydrogen-bond acceptors (Lipinski definition) is 3. The molecule has 0 radical (unpaired) electrons. The summed E-state index contributed by atoms with van der Waals surface area (Å²) in [5.74, 6) is -0.0786. The molecule has 4 nitrogen and oxygen atoms in total. The van der Waals surface area contributed by atoms with Gasteiger partial charge in [-0.3, -0.25) is 9.63 Å². The molecule has 1 aliphatic heterocycles. The number of rotatable bonds is 3. The van der Waals surface area contributed by atoms with Gasteiger partial charge in [0.05, 0.1) is 19.8 Å². The van der Waals surface area contributed by atoms with E-state index in [1.807, 2.05) is 18.2 Å². The Morgan fingerprint density at radius 1 is 1.50 bits per heavy atom. The number of nitrogens with zero attached hydrogens (tertiary/aromatic N) is 1. The molecule has 1 aromatic rings. The Labute approximate surface area is 94.7 Å². The highest BCUT2D eigenvalue weighted by Gasteiger charge is 2.22. The van der Waals surface area contributed by atoms with Crippen molar-refractivity contribution >= 4 is 5.91 Å². The molecule has 1 aromatic carbocycles. The second-order valence-electron chi connectivity index (χ2n) is 3.68. The molecule has 2 rings (SSSR count). The van der Waals surface area contributed by atoms with Crippen LogP contribution >= 0.6 is 0 Å². The number of carbonyl (C=O) groups excluding carboxylic acids is 1. The van der Waals surface area contributed by atoms with E-state index in [-0.39, 0.29) is 5.91 Å². The third kappa shape index (κ3) is 2.23. The normalized spacial score (nSPS) is 15.4. The van der Waals surface area contributed by atoms with Crippen LogP contribution in [0.3, 0.4) is 0 Å². The van der Waals surface area contributed by atoms with E-state index in [1.54, 1.807) is 13.2 Å². The highest BCUT2D eigenvalue weighted by Crippen LogP contribution is 2.15. The van der Waals surface area contributed by atoms with Crippen LogP contribution in [-0.4, -0.2) is 31.2 Å². The van der Waals surface area contributed by atoms with Crippen molar-refractivity contribution in [2.75, 3.05) is 20.3 Å². The van der Waals surface area contributed by atoms with Crippen molar-refractivity contribution in [3.05, 3.63) is 35.4 Å². The molecule has 1 heterocycles. The fraction of sp³-hybridized carbons (Fsp3) is 0.417. The summed E-state index contributed by atoms with van der Waals surface area (Å²) in [7, 11) is 1.62. The van der Waals surface area contributed by atoms with Crippen LogP contribution in [0.1, 0.15) is 22.3 Å². The summed E-state index contributed by atoms with van der Waals surface area (Å²) in [5, 5.41) is 1.43. The minimum Gasteiger partial charge on any atom is -0.380 e. The number of amides is 1. The Kier molecular flexibility index (Phi) is 3.54. The van der Waals surface area contributed by atoms with Gasteiger partial charge in [0.1, 0.15) is 0 Å². The molecule has 0 unspecified atom stereocenters. The summed E-state index contributed by atoms with van der Waals surface area (Å²) in [6.45, 7) is 1.73. The maximum Gasteiger partial charge on any atom is 0.277 e. The zero-order valence-electron chi connectivity index (χ0n) is 9.31. The van der Waals surface area contributed by atoms with Crippen LogP contribution in [0, 0.1) is 0 Å². The average molecular weight is 221 g/mol. The molecule has 16 heavy (non-hydrogen) atoms. The first-order valence-corrected chi connectivity index (χ1v) is 5.34. The van der Waals surface area contributed by atoms with Gasteiger partial charge in [0.15, 0.2) is 0 Å². The van der Waals surface area contributed by atoms with Gasteiger partial charge >= 0.3 is 0 Å². The monoisotopic (exact) mass is 221 g/mol. The molecule has 1 saturated heterocycles. The molecular formula is C12H15NO3. The minimum absolute atomic E-state index is 0.0786. The summed E-state index contributed by atoms with van der Waals surface area (Å²) in [6, 6.07) is 7.45. The maximum atomic E-state index is 12.1. The fourth-order valence-corrected chi connectivity index (χ4v) is 1.75. The van der Waals surface area contributed by atoms with Gasteiger partial charge in [0.2, 0.25) is 0 Å². The van der Waals surface area contributed by atoms with Crippen molar-refractivity contribution in [3.63, 3.8) is 0 Å². The highest BCUT2D eigenvalue weighted by atomic mass is 16.7. The van der Waals surface area contributed by atoms with E-state index in [0.717, 1.165) is 12.0 Å². The van der Waals surface area contributed by atoms with Gasteiger partial charge in [-0.25, -0.2) is 5.06 Å². The topological polar surface area (TPSA) is 38.8 Å². The van der Waals surface area contributed by atoms with E-state index in [4.69, 9.17) is 9.57 Å². The molecular weight excluding hydrogens is 206 g/mol. The second-order valence-corrected chi connectivity index (χ2v) is 3.68. The van der Waals surface area contributed by atoms with Crippen molar-refractivity contribution < 1.29 is 14.4 Å². The predicted molar refractivity (Wildman–Crippen MR) is 58.8 cm³/mol.